The maximum Gasteiger partial charge on any atom is 0.328 e. The molecule has 6 nitrogen and oxygen atoms in total. The van der Waals surface area contributed by atoms with Crippen LogP contribution >= 0.6 is 22.6 Å². The van der Waals surface area contributed by atoms with Gasteiger partial charge in [-0.05, 0) is 22.6 Å². The third-order valence-corrected chi connectivity index (χ3v) is 2.58. The van der Waals surface area contributed by atoms with E-state index in [9.17, 15) is 9.59 Å². The van der Waals surface area contributed by atoms with Gasteiger partial charge in [0.1, 0.15) is 0 Å². The summed E-state index contributed by atoms with van der Waals surface area (Å²) in [6.07, 6.45) is 3.41. The van der Waals surface area contributed by atoms with Gasteiger partial charge in [-0.15, -0.1) is 0 Å². The lowest BCUT2D eigenvalue weighted by Gasteiger charge is -2.02. The molecule has 0 radical (unpaired) electrons. The van der Waals surface area contributed by atoms with Crippen molar-refractivity contribution in [3.05, 3.63) is 42.8 Å². The fourth-order valence-electron chi connectivity index (χ4n) is 1.01. The van der Waals surface area contributed by atoms with Gasteiger partial charge in [0, 0.05) is 12.7 Å². The van der Waals surface area contributed by atoms with E-state index in [1.54, 1.807) is 0 Å². The fourth-order valence-corrected chi connectivity index (χ4v) is 1.48. The molecule has 3 N–H and O–H groups in total. The molecule has 1 unspecified atom stereocenters. The lowest BCUT2D eigenvalue weighted by atomic mass is 10.3. The SMILES string of the molecule is O=c1[nH]c(=O)n(CC=CC(O)CO)cc1I. The van der Waals surface area contributed by atoms with E-state index >= 15 is 0 Å². The van der Waals surface area contributed by atoms with Crippen molar-refractivity contribution in [3.8, 4) is 0 Å². The second-order valence-corrected chi connectivity index (χ2v) is 4.23. The third kappa shape index (κ3) is 3.58. The highest BCUT2D eigenvalue weighted by Gasteiger charge is 2.00. The Kier molecular flexibility index (Phi) is 4.90. The van der Waals surface area contributed by atoms with E-state index in [0.29, 0.717) is 3.57 Å². The molecule has 0 bridgehead atoms. The Morgan fingerprint density at radius 2 is 2.25 bits per heavy atom. The standard InChI is InChI=1S/C9H11IN2O4/c10-7-4-12(9(16)11-8(7)15)3-1-2-6(14)5-13/h1-2,4,6,13-14H,3,5H2,(H,11,15,16). The molecule has 16 heavy (non-hydrogen) atoms. The van der Waals surface area contributed by atoms with Crippen molar-refractivity contribution in [2.24, 2.45) is 0 Å². The minimum Gasteiger partial charge on any atom is -0.393 e. The highest BCUT2D eigenvalue weighted by atomic mass is 127. The van der Waals surface area contributed by atoms with E-state index in [4.69, 9.17) is 10.2 Å². The highest BCUT2D eigenvalue weighted by Crippen LogP contribution is 1.93. The van der Waals surface area contributed by atoms with Crippen LogP contribution in [0.1, 0.15) is 0 Å². The van der Waals surface area contributed by atoms with Crippen LogP contribution in [-0.4, -0.2) is 32.5 Å². The summed E-state index contributed by atoms with van der Waals surface area (Å²) in [5, 5.41) is 17.6. The Morgan fingerprint density at radius 3 is 2.88 bits per heavy atom. The molecule has 0 fully saturated rings. The number of hydrogen-bond donors (Lipinski definition) is 3. The Labute approximate surface area is 104 Å². The lowest BCUT2D eigenvalue weighted by Crippen LogP contribution is -2.30. The Balaban J connectivity index is 2.83. The number of nitrogens with one attached hydrogen (secondary N) is 1. The predicted molar refractivity (Wildman–Crippen MR) is 66.3 cm³/mol. The number of aliphatic hydroxyl groups excluding tert-OH is 2. The molecule has 0 spiro atoms. The molecule has 0 aliphatic rings. The minimum atomic E-state index is -0.933. The number of halogens is 1. The van der Waals surface area contributed by atoms with Crippen molar-refractivity contribution < 1.29 is 10.2 Å². The number of hydrogen-bond acceptors (Lipinski definition) is 4. The average molecular weight is 338 g/mol. The first-order valence-electron chi connectivity index (χ1n) is 4.49. The van der Waals surface area contributed by atoms with Crippen molar-refractivity contribution in [1.29, 1.82) is 0 Å². The van der Waals surface area contributed by atoms with Gasteiger partial charge >= 0.3 is 5.69 Å². The number of allylic oxidation sites excluding steroid dienone is 1. The Hall–Kier alpha value is -0.930. The molecule has 1 heterocycles. The molecular weight excluding hydrogens is 327 g/mol. The van der Waals surface area contributed by atoms with Crippen LogP contribution in [0.5, 0.6) is 0 Å². The monoisotopic (exact) mass is 338 g/mol. The maximum atomic E-state index is 11.3. The first-order valence-corrected chi connectivity index (χ1v) is 5.57. The van der Waals surface area contributed by atoms with Gasteiger partial charge < -0.3 is 10.2 Å². The second-order valence-electron chi connectivity index (χ2n) is 3.07. The number of nitrogens with zero attached hydrogens (tertiary/aromatic N) is 1. The van der Waals surface area contributed by atoms with Gasteiger partial charge in [-0.3, -0.25) is 14.3 Å². The molecule has 88 valence electrons. The van der Waals surface area contributed by atoms with Gasteiger partial charge in [-0.1, -0.05) is 12.2 Å². The van der Waals surface area contributed by atoms with Gasteiger partial charge in [-0.2, -0.15) is 0 Å². The molecule has 0 amide bonds. The van der Waals surface area contributed by atoms with Crippen LogP contribution in [0.25, 0.3) is 0 Å². The number of aromatic amines is 1. The molecule has 0 aliphatic heterocycles. The van der Waals surface area contributed by atoms with Crippen LogP contribution in [0, 0.1) is 3.57 Å². The summed E-state index contributed by atoms with van der Waals surface area (Å²) in [7, 11) is 0. The fraction of sp³-hybridized carbons (Fsp3) is 0.333. The molecular formula is C9H11IN2O4. The largest absolute Gasteiger partial charge is 0.393 e. The van der Waals surface area contributed by atoms with E-state index in [1.807, 2.05) is 22.6 Å². The van der Waals surface area contributed by atoms with Crippen LogP contribution in [-0.2, 0) is 6.54 Å². The summed E-state index contributed by atoms with van der Waals surface area (Å²) in [6.45, 7) is -0.142. The molecule has 1 aromatic heterocycles. The van der Waals surface area contributed by atoms with E-state index in [0.717, 1.165) is 0 Å². The van der Waals surface area contributed by atoms with Gasteiger partial charge in [0.05, 0.1) is 16.3 Å². The molecule has 7 heteroatoms. The zero-order valence-corrected chi connectivity index (χ0v) is 10.4. The molecule has 1 atom stereocenters. The zero-order chi connectivity index (χ0) is 12.1. The molecule has 1 aromatic rings. The summed E-state index contributed by atoms with van der Waals surface area (Å²) in [5.41, 5.74) is -0.922. The number of H-pyrrole nitrogens is 1. The van der Waals surface area contributed by atoms with Crippen LogP contribution in [0.15, 0.2) is 27.9 Å². The maximum absolute atomic E-state index is 11.3. The van der Waals surface area contributed by atoms with Crippen molar-refractivity contribution >= 4 is 22.6 Å². The summed E-state index contributed by atoms with van der Waals surface area (Å²) in [4.78, 5) is 24.5. The summed E-state index contributed by atoms with van der Waals surface area (Å²) < 4.78 is 1.71. The van der Waals surface area contributed by atoms with E-state index < -0.39 is 17.4 Å². The summed E-state index contributed by atoms with van der Waals surface area (Å²) in [6, 6.07) is 0. The molecule has 0 aromatic carbocycles. The summed E-state index contributed by atoms with van der Waals surface area (Å²) >= 11 is 1.82. The van der Waals surface area contributed by atoms with Crippen LogP contribution in [0.3, 0.4) is 0 Å². The number of aromatic nitrogens is 2. The zero-order valence-electron chi connectivity index (χ0n) is 8.26. The third-order valence-electron chi connectivity index (χ3n) is 1.81. The first kappa shape index (κ1) is 13.1. The molecule has 0 saturated carbocycles. The first-order chi connectivity index (χ1) is 7.54. The molecule has 0 aliphatic carbocycles. The quantitative estimate of drug-likeness (QED) is 0.487. The number of aliphatic hydroxyl groups is 2. The van der Waals surface area contributed by atoms with Crippen LogP contribution < -0.4 is 11.2 Å². The smallest absolute Gasteiger partial charge is 0.328 e. The van der Waals surface area contributed by atoms with Crippen LogP contribution in [0.4, 0.5) is 0 Å². The van der Waals surface area contributed by atoms with Crippen molar-refractivity contribution in [2.75, 3.05) is 6.61 Å². The number of rotatable bonds is 4. The van der Waals surface area contributed by atoms with Gasteiger partial charge in [0.15, 0.2) is 0 Å². The molecule has 0 saturated heterocycles. The molecule has 1 rings (SSSR count). The summed E-state index contributed by atoms with van der Waals surface area (Å²) in [5.74, 6) is 0. The van der Waals surface area contributed by atoms with E-state index in [-0.39, 0.29) is 13.2 Å². The van der Waals surface area contributed by atoms with Crippen LogP contribution in [0.2, 0.25) is 0 Å². The van der Waals surface area contributed by atoms with E-state index in [1.165, 1.54) is 22.9 Å². The highest BCUT2D eigenvalue weighted by molar-refractivity contribution is 14.1. The Bertz CT molecular complexity index is 491. The van der Waals surface area contributed by atoms with Crippen molar-refractivity contribution in [1.82, 2.24) is 9.55 Å². The lowest BCUT2D eigenvalue weighted by molar-refractivity contribution is 0.131. The second kappa shape index (κ2) is 5.97. The Morgan fingerprint density at radius 1 is 1.56 bits per heavy atom. The van der Waals surface area contributed by atoms with Gasteiger partial charge in [-0.25, -0.2) is 4.79 Å². The van der Waals surface area contributed by atoms with Crippen molar-refractivity contribution in [2.45, 2.75) is 12.6 Å². The predicted octanol–water partition coefficient (Wildman–Crippen LogP) is -0.949. The minimum absolute atomic E-state index is 0.225. The average Bonchev–Trinajstić information content (AvgIpc) is 2.25. The van der Waals surface area contributed by atoms with E-state index in [2.05, 4.69) is 4.98 Å². The van der Waals surface area contributed by atoms with Gasteiger partial charge in [0.2, 0.25) is 0 Å². The van der Waals surface area contributed by atoms with Gasteiger partial charge in [0.25, 0.3) is 5.56 Å². The van der Waals surface area contributed by atoms with Crippen molar-refractivity contribution in [3.63, 3.8) is 0 Å². The topological polar surface area (TPSA) is 95.3 Å². The normalized spacial score (nSPS) is 13.2.